The second-order valence-corrected chi connectivity index (χ2v) is 4.54. The van der Waals surface area contributed by atoms with Crippen LogP contribution in [-0.4, -0.2) is 28.7 Å². The summed E-state index contributed by atoms with van der Waals surface area (Å²) in [5, 5.41) is 0. The first kappa shape index (κ1) is 14.7. The highest BCUT2D eigenvalue weighted by molar-refractivity contribution is 7.80. The first-order chi connectivity index (χ1) is 8.20. The van der Waals surface area contributed by atoms with Gasteiger partial charge in [-0.1, -0.05) is 12.2 Å². The summed E-state index contributed by atoms with van der Waals surface area (Å²) in [6.07, 6.45) is -2.87. The van der Waals surface area contributed by atoms with Gasteiger partial charge in [0.2, 0.25) is 0 Å². The molecule has 1 aromatic heterocycles. The van der Waals surface area contributed by atoms with Crippen molar-refractivity contribution in [3.05, 3.63) is 24.0 Å². The van der Waals surface area contributed by atoms with Crippen LogP contribution >= 0.6 is 12.2 Å². The summed E-state index contributed by atoms with van der Waals surface area (Å²) in [6, 6.07) is 2.68. The zero-order valence-corrected chi connectivity index (χ0v) is 10.8. The quantitative estimate of drug-likeness (QED) is 0.859. The van der Waals surface area contributed by atoms with Gasteiger partial charge in [0.05, 0.1) is 5.69 Å². The molecule has 0 aliphatic heterocycles. The lowest BCUT2D eigenvalue weighted by atomic mass is 10.2. The Morgan fingerprint density at radius 2 is 2.11 bits per heavy atom. The number of aromatic nitrogens is 1. The Hall–Kier alpha value is -1.37. The minimum atomic E-state index is -4.27. The summed E-state index contributed by atoms with van der Waals surface area (Å²) >= 11 is 4.76. The third kappa shape index (κ3) is 4.14. The van der Waals surface area contributed by atoms with E-state index in [4.69, 9.17) is 18.0 Å². The number of nitrogens with zero attached hydrogens (tertiary/aromatic N) is 2. The van der Waals surface area contributed by atoms with Crippen molar-refractivity contribution in [2.45, 2.75) is 26.1 Å². The maximum atomic E-state index is 12.5. The van der Waals surface area contributed by atoms with Crippen LogP contribution in [0, 0.1) is 0 Å². The van der Waals surface area contributed by atoms with Crippen LogP contribution in [0.4, 0.5) is 18.9 Å². The highest BCUT2D eigenvalue weighted by atomic mass is 32.1. The summed E-state index contributed by atoms with van der Waals surface area (Å²) < 4.78 is 37.5. The van der Waals surface area contributed by atoms with E-state index in [1.807, 2.05) is 0 Å². The molecule has 0 atom stereocenters. The Bertz CT molecular complexity index is 432. The fourth-order valence-electron chi connectivity index (χ4n) is 1.50. The third-order valence-electron chi connectivity index (χ3n) is 2.30. The van der Waals surface area contributed by atoms with Crippen molar-refractivity contribution in [1.29, 1.82) is 0 Å². The molecule has 0 aliphatic rings. The van der Waals surface area contributed by atoms with Gasteiger partial charge in [-0.25, -0.2) is 0 Å². The topological polar surface area (TPSA) is 42.2 Å². The molecular formula is C11H14F3N3S. The van der Waals surface area contributed by atoms with Gasteiger partial charge in [-0.15, -0.1) is 0 Å². The van der Waals surface area contributed by atoms with Gasteiger partial charge in [0, 0.05) is 17.9 Å². The standard InChI is InChI=1S/C11H14F3N3S/c1-7(2)17(6-11(12,13)14)8-3-4-16-9(5-8)10(15)18/h3-5,7H,6H2,1-2H3,(H2,15,18). The van der Waals surface area contributed by atoms with Gasteiger partial charge >= 0.3 is 6.18 Å². The maximum Gasteiger partial charge on any atom is 0.405 e. The zero-order valence-electron chi connectivity index (χ0n) is 10.0. The van der Waals surface area contributed by atoms with Crippen LogP contribution in [0.25, 0.3) is 0 Å². The van der Waals surface area contributed by atoms with Crippen LogP contribution < -0.4 is 10.6 Å². The average molecular weight is 277 g/mol. The molecule has 0 aromatic carbocycles. The van der Waals surface area contributed by atoms with E-state index < -0.39 is 12.7 Å². The summed E-state index contributed by atoms with van der Waals surface area (Å²) in [7, 11) is 0. The van der Waals surface area contributed by atoms with Crippen molar-refractivity contribution in [3.8, 4) is 0 Å². The number of nitrogens with two attached hydrogens (primary N) is 1. The van der Waals surface area contributed by atoms with E-state index in [1.165, 1.54) is 23.2 Å². The Balaban J connectivity index is 3.06. The monoisotopic (exact) mass is 277 g/mol. The van der Waals surface area contributed by atoms with Gasteiger partial charge in [0.15, 0.2) is 0 Å². The van der Waals surface area contributed by atoms with Crippen molar-refractivity contribution in [2.24, 2.45) is 5.73 Å². The zero-order chi connectivity index (χ0) is 13.9. The molecule has 0 fully saturated rings. The molecule has 0 amide bonds. The highest BCUT2D eigenvalue weighted by Crippen LogP contribution is 2.24. The molecule has 1 heterocycles. The Kier molecular flexibility index (Phi) is 4.50. The molecule has 7 heteroatoms. The van der Waals surface area contributed by atoms with E-state index >= 15 is 0 Å². The van der Waals surface area contributed by atoms with Gasteiger partial charge in [-0.05, 0) is 26.0 Å². The lowest BCUT2D eigenvalue weighted by Gasteiger charge is -2.30. The molecule has 1 aromatic rings. The molecule has 100 valence electrons. The molecule has 18 heavy (non-hydrogen) atoms. The summed E-state index contributed by atoms with van der Waals surface area (Å²) in [5.41, 5.74) is 6.13. The number of pyridine rings is 1. The van der Waals surface area contributed by atoms with Crippen LogP contribution in [0.1, 0.15) is 19.5 Å². The van der Waals surface area contributed by atoms with Crippen molar-refractivity contribution in [3.63, 3.8) is 0 Å². The number of halogens is 3. The Morgan fingerprint density at radius 3 is 2.56 bits per heavy atom. The highest BCUT2D eigenvalue weighted by Gasteiger charge is 2.32. The molecule has 0 saturated carbocycles. The number of hydrogen-bond donors (Lipinski definition) is 1. The third-order valence-corrected chi connectivity index (χ3v) is 2.51. The van der Waals surface area contributed by atoms with Gasteiger partial charge < -0.3 is 10.6 Å². The van der Waals surface area contributed by atoms with Crippen molar-refractivity contribution >= 4 is 22.9 Å². The molecule has 3 nitrogen and oxygen atoms in total. The second kappa shape index (κ2) is 5.51. The maximum absolute atomic E-state index is 12.5. The van der Waals surface area contributed by atoms with Crippen LogP contribution in [0.15, 0.2) is 18.3 Å². The van der Waals surface area contributed by atoms with Gasteiger partial charge in [0.1, 0.15) is 11.5 Å². The fraction of sp³-hybridized carbons (Fsp3) is 0.455. The first-order valence-electron chi connectivity index (χ1n) is 5.30. The van der Waals surface area contributed by atoms with Gasteiger partial charge in [-0.3, -0.25) is 4.98 Å². The molecule has 1 rings (SSSR count). The van der Waals surface area contributed by atoms with E-state index in [1.54, 1.807) is 13.8 Å². The number of alkyl halides is 3. The van der Waals surface area contributed by atoms with Crippen LogP contribution in [0.3, 0.4) is 0 Å². The van der Waals surface area contributed by atoms with Gasteiger partial charge in [0.25, 0.3) is 0 Å². The SMILES string of the molecule is CC(C)N(CC(F)(F)F)c1ccnc(C(N)=S)c1. The van der Waals surface area contributed by atoms with E-state index in [9.17, 15) is 13.2 Å². The molecule has 0 unspecified atom stereocenters. The fourth-order valence-corrected chi connectivity index (χ4v) is 1.61. The smallest absolute Gasteiger partial charge is 0.388 e. The van der Waals surface area contributed by atoms with Crippen molar-refractivity contribution < 1.29 is 13.2 Å². The molecule has 0 radical (unpaired) electrons. The predicted octanol–water partition coefficient (Wildman–Crippen LogP) is 2.49. The molecule has 2 N–H and O–H groups in total. The van der Waals surface area contributed by atoms with Crippen LogP contribution in [0.2, 0.25) is 0 Å². The van der Waals surface area contributed by atoms with E-state index in [0.29, 0.717) is 11.4 Å². The largest absolute Gasteiger partial charge is 0.405 e. The van der Waals surface area contributed by atoms with Crippen LogP contribution in [0.5, 0.6) is 0 Å². The number of hydrogen-bond acceptors (Lipinski definition) is 3. The lowest BCUT2D eigenvalue weighted by Crippen LogP contribution is -2.39. The van der Waals surface area contributed by atoms with Crippen LogP contribution in [-0.2, 0) is 0 Å². The summed E-state index contributed by atoms with van der Waals surface area (Å²) in [4.78, 5) is 5.19. The minimum Gasteiger partial charge on any atom is -0.388 e. The molecule has 0 aliphatic carbocycles. The second-order valence-electron chi connectivity index (χ2n) is 4.10. The number of rotatable bonds is 4. The summed E-state index contributed by atoms with van der Waals surface area (Å²) in [5.74, 6) is 0. The number of thiocarbonyl (C=S) groups is 1. The minimum absolute atomic E-state index is 0.0626. The van der Waals surface area contributed by atoms with E-state index in [2.05, 4.69) is 4.98 Å². The Morgan fingerprint density at radius 1 is 1.50 bits per heavy atom. The lowest BCUT2D eigenvalue weighted by molar-refractivity contribution is -0.120. The van der Waals surface area contributed by atoms with Gasteiger partial charge in [-0.2, -0.15) is 13.2 Å². The average Bonchev–Trinajstić information content (AvgIpc) is 2.24. The molecule has 0 spiro atoms. The van der Waals surface area contributed by atoms with Crippen molar-refractivity contribution in [1.82, 2.24) is 4.98 Å². The predicted molar refractivity (Wildman–Crippen MR) is 68.7 cm³/mol. The van der Waals surface area contributed by atoms with E-state index in [0.717, 1.165) is 0 Å². The molecular weight excluding hydrogens is 263 g/mol. The normalized spacial score (nSPS) is 11.7. The number of anilines is 1. The molecule has 0 saturated heterocycles. The first-order valence-corrected chi connectivity index (χ1v) is 5.71. The Labute approximate surface area is 109 Å². The molecule has 0 bridgehead atoms. The summed E-state index contributed by atoms with van der Waals surface area (Å²) in [6.45, 7) is 2.35. The van der Waals surface area contributed by atoms with Crippen molar-refractivity contribution in [2.75, 3.05) is 11.4 Å². The van der Waals surface area contributed by atoms with E-state index in [-0.39, 0.29) is 11.0 Å².